The van der Waals surface area contributed by atoms with Gasteiger partial charge in [-0.25, -0.2) is 0 Å². The van der Waals surface area contributed by atoms with Crippen LogP contribution in [0.25, 0.3) is 11.0 Å². The van der Waals surface area contributed by atoms with Crippen LogP contribution in [0.2, 0.25) is 0 Å². The molecule has 4 rings (SSSR count). The van der Waals surface area contributed by atoms with Crippen LogP contribution in [0.15, 0.2) is 52.9 Å². The van der Waals surface area contributed by atoms with E-state index < -0.39 is 0 Å². The van der Waals surface area contributed by atoms with Crippen molar-refractivity contribution in [3.05, 3.63) is 65.4 Å². The Balaban J connectivity index is 1.53. The van der Waals surface area contributed by atoms with Crippen LogP contribution < -0.4 is 10.1 Å². The number of hydrogen-bond donors (Lipinski definition) is 1. The van der Waals surface area contributed by atoms with Crippen molar-refractivity contribution in [3.8, 4) is 5.75 Å². The highest BCUT2D eigenvalue weighted by atomic mass is 16.5. The average Bonchev–Trinajstić information content (AvgIpc) is 3.18. The number of hydrogen-bond acceptors (Lipinski definition) is 3. The largest absolute Gasteiger partial charge is 0.490 e. The van der Waals surface area contributed by atoms with Crippen LogP contribution in [0.4, 0.5) is 0 Å². The second-order valence-corrected chi connectivity index (χ2v) is 6.07. The van der Waals surface area contributed by atoms with Crippen molar-refractivity contribution in [2.75, 3.05) is 6.61 Å². The minimum atomic E-state index is -0.175. The Morgan fingerprint density at radius 3 is 2.62 bits per heavy atom. The van der Waals surface area contributed by atoms with Crippen LogP contribution in [0, 0.1) is 0 Å². The third-order valence-corrected chi connectivity index (χ3v) is 4.42. The van der Waals surface area contributed by atoms with Crippen LogP contribution in [-0.2, 0) is 12.8 Å². The number of carbonyl (C=O) groups is 1. The summed E-state index contributed by atoms with van der Waals surface area (Å²) in [6.07, 6.45) is 1.73. The normalized spacial score (nSPS) is 13.9. The maximum absolute atomic E-state index is 12.5. The molecule has 3 aromatic rings. The summed E-state index contributed by atoms with van der Waals surface area (Å²) >= 11 is 0. The fourth-order valence-electron chi connectivity index (χ4n) is 3.33. The summed E-state index contributed by atoms with van der Waals surface area (Å²) in [5.74, 6) is 0.821. The SMILES string of the molecule is CCOc1cccc2cc(C(=O)NC3Cc4ccccc4C3)oc12. The van der Waals surface area contributed by atoms with Gasteiger partial charge in [0, 0.05) is 11.4 Å². The number of furan rings is 1. The smallest absolute Gasteiger partial charge is 0.287 e. The van der Waals surface area contributed by atoms with Gasteiger partial charge in [0.1, 0.15) is 0 Å². The lowest BCUT2D eigenvalue weighted by Crippen LogP contribution is -2.35. The third-order valence-electron chi connectivity index (χ3n) is 4.42. The van der Waals surface area contributed by atoms with E-state index in [0.29, 0.717) is 23.7 Å². The van der Waals surface area contributed by atoms with E-state index in [2.05, 4.69) is 17.4 Å². The van der Waals surface area contributed by atoms with E-state index in [1.54, 1.807) is 6.07 Å². The summed E-state index contributed by atoms with van der Waals surface area (Å²) < 4.78 is 11.3. The van der Waals surface area contributed by atoms with Crippen LogP contribution in [0.3, 0.4) is 0 Å². The Kier molecular flexibility index (Phi) is 3.73. The number of ether oxygens (including phenoxy) is 1. The molecule has 0 aliphatic heterocycles. The molecule has 4 heteroatoms. The van der Waals surface area contributed by atoms with Gasteiger partial charge < -0.3 is 14.5 Å². The van der Waals surface area contributed by atoms with Crippen molar-refractivity contribution in [1.82, 2.24) is 5.32 Å². The lowest BCUT2D eigenvalue weighted by molar-refractivity contribution is 0.0912. The highest BCUT2D eigenvalue weighted by Gasteiger charge is 2.24. The Labute approximate surface area is 140 Å². The van der Waals surface area contributed by atoms with Crippen molar-refractivity contribution >= 4 is 16.9 Å². The summed E-state index contributed by atoms with van der Waals surface area (Å²) in [5.41, 5.74) is 3.25. The number of carbonyl (C=O) groups excluding carboxylic acids is 1. The van der Waals surface area contributed by atoms with Crippen LogP contribution in [0.5, 0.6) is 5.75 Å². The van der Waals surface area contributed by atoms with Crippen molar-refractivity contribution in [2.45, 2.75) is 25.8 Å². The number of fused-ring (bicyclic) bond motifs is 2. The van der Waals surface area contributed by atoms with Gasteiger partial charge >= 0.3 is 0 Å². The van der Waals surface area contributed by atoms with E-state index in [1.165, 1.54) is 11.1 Å². The van der Waals surface area contributed by atoms with Crippen molar-refractivity contribution < 1.29 is 13.9 Å². The van der Waals surface area contributed by atoms with Crippen molar-refractivity contribution in [1.29, 1.82) is 0 Å². The first-order valence-corrected chi connectivity index (χ1v) is 8.27. The standard InChI is InChI=1S/C20H19NO3/c1-2-23-17-9-5-8-15-12-18(24-19(15)17)20(22)21-16-10-13-6-3-4-7-14(13)11-16/h3-9,12,16H,2,10-11H2,1H3,(H,21,22). The number of rotatable bonds is 4. The molecule has 1 heterocycles. The molecule has 1 aliphatic rings. The van der Waals surface area contributed by atoms with Gasteiger partial charge in [-0.2, -0.15) is 0 Å². The fourth-order valence-corrected chi connectivity index (χ4v) is 3.33. The zero-order valence-electron chi connectivity index (χ0n) is 13.5. The zero-order chi connectivity index (χ0) is 16.5. The molecule has 122 valence electrons. The van der Waals surface area contributed by atoms with E-state index in [4.69, 9.17) is 9.15 Å². The summed E-state index contributed by atoms with van der Waals surface area (Å²) in [6.45, 7) is 2.48. The first-order chi connectivity index (χ1) is 11.7. The molecule has 0 atom stereocenters. The Morgan fingerprint density at radius 2 is 1.92 bits per heavy atom. The Morgan fingerprint density at radius 1 is 1.17 bits per heavy atom. The molecule has 1 N–H and O–H groups in total. The average molecular weight is 321 g/mol. The third kappa shape index (κ3) is 2.64. The zero-order valence-corrected chi connectivity index (χ0v) is 13.5. The highest BCUT2D eigenvalue weighted by Crippen LogP contribution is 2.29. The molecule has 24 heavy (non-hydrogen) atoms. The number of amides is 1. The molecule has 0 saturated carbocycles. The van der Waals surface area contributed by atoms with Gasteiger partial charge in [-0.05, 0) is 43.0 Å². The molecule has 0 saturated heterocycles. The number of benzene rings is 2. The molecular weight excluding hydrogens is 302 g/mol. The molecule has 2 aromatic carbocycles. The summed E-state index contributed by atoms with van der Waals surface area (Å²) in [6, 6.07) is 15.9. The topological polar surface area (TPSA) is 51.5 Å². The molecule has 1 aliphatic carbocycles. The van der Waals surface area contributed by atoms with Gasteiger partial charge in [0.15, 0.2) is 17.1 Å². The van der Waals surface area contributed by atoms with Gasteiger partial charge in [0.2, 0.25) is 0 Å². The quantitative estimate of drug-likeness (QED) is 0.796. The van der Waals surface area contributed by atoms with E-state index in [1.807, 2.05) is 37.3 Å². The molecule has 0 bridgehead atoms. The summed E-state index contributed by atoms with van der Waals surface area (Å²) in [7, 11) is 0. The number of nitrogens with one attached hydrogen (secondary N) is 1. The van der Waals surface area contributed by atoms with Crippen LogP contribution in [0.1, 0.15) is 28.6 Å². The molecule has 0 spiro atoms. The summed E-state index contributed by atoms with van der Waals surface area (Å²) in [4.78, 5) is 12.5. The second kappa shape index (κ2) is 6.04. The van der Waals surface area contributed by atoms with Crippen molar-refractivity contribution in [3.63, 3.8) is 0 Å². The molecule has 1 aromatic heterocycles. The molecule has 1 amide bonds. The molecular formula is C20H19NO3. The van der Waals surface area contributed by atoms with Gasteiger partial charge in [0.25, 0.3) is 5.91 Å². The molecule has 0 radical (unpaired) electrons. The number of para-hydroxylation sites is 1. The molecule has 0 fully saturated rings. The first kappa shape index (κ1) is 14.8. The highest BCUT2D eigenvalue weighted by molar-refractivity contribution is 5.97. The van der Waals surface area contributed by atoms with E-state index in [9.17, 15) is 4.79 Å². The predicted molar refractivity (Wildman–Crippen MR) is 92.5 cm³/mol. The van der Waals surface area contributed by atoms with Gasteiger partial charge in [-0.3, -0.25) is 4.79 Å². The monoisotopic (exact) mass is 321 g/mol. The maximum atomic E-state index is 12.5. The molecule has 4 nitrogen and oxygen atoms in total. The minimum Gasteiger partial charge on any atom is -0.490 e. The lowest BCUT2D eigenvalue weighted by Gasteiger charge is -2.10. The van der Waals surface area contributed by atoms with Crippen LogP contribution in [-0.4, -0.2) is 18.6 Å². The van der Waals surface area contributed by atoms with Crippen molar-refractivity contribution in [2.24, 2.45) is 0 Å². The van der Waals surface area contributed by atoms with E-state index in [-0.39, 0.29) is 11.9 Å². The Bertz CT molecular complexity index is 872. The van der Waals surface area contributed by atoms with Gasteiger partial charge in [-0.15, -0.1) is 0 Å². The van der Waals surface area contributed by atoms with Crippen LogP contribution >= 0.6 is 0 Å². The lowest BCUT2D eigenvalue weighted by atomic mass is 10.1. The second-order valence-electron chi connectivity index (χ2n) is 6.07. The maximum Gasteiger partial charge on any atom is 0.287 e. The minimum absolute atomic E-state index is 0.120. The van der Waals surface area contributed by atoms with Gasteiger partial charge in [0.05, 0.1) is 6.61 Å². The first-order valence-electron chi connectivity index (χ1n) is 8.27. The summed E-state index contributed by atoms with van der Waals surface area (Å²) in [5, 5.41) is 3.96. The Hall–Kier alpha value is -2.75. The van der Waals surface area contributed by atoms with E-state index >= 15 is 0 Å². The predicted octanol–water partition coefficient (Wildman–Crippen LogP) is 3.73. The molecule has 0 unspecified atom stereocenters. The van der Waals surface area contributed by atoms with Gasteiger partial charge in [-0.1, -0.05) is 36.4 Å². The fraction of sp³-hybridized carbons (Fsp3) is 0.250. The van der Waals surface area contributed by atoms with E-state index in [0.717, 1.165) is 18.2 Å².